The molecule has 24 heavy (non-hydrogen) atoms. The van der Waals surface area contributed by atoms with Crippen molar-refractivity contribution in [2.24, 2.45) is 5.92 Å². The molecule has 0 unspecified atom stereocenters. The first kappa shape index (κ1) is 17.3. The molecule has 1 fully saturated rings. The average Bonchev–Trinajstić information content (AvgIpc) is 2.62. The van der Waals surface area contributed by atoms with E-state index < -0.39 is 0 Å². The number of hydrogen-bond donors (Lipinski definition) is 0. The summed E-state index contributed by atoms with van der Waals surface area (Å²) >= 11 is 0. The number of likely N-dealkylation sites (tertiary alicyclic amines) is 1. The van der Waals surface area contributed by atoms with Crippen LogP contribution in [-0.4, -0.2) is 31.1 Å². The van der Waals surface area contributed by atoms with E-state index >= 15 is 0 Å². The lowest BCUT2D eigenvalue weighted by Gasteiger charge is -2.30. The third-order valence-electron chi connectivity index (χ3n) is 5.23. The van der Waals surface area contributed by atoms with Crippen molar-refractivity contribution in [2.75, 3.05) is 26.2 Å². The van der Waals surface area contributed by atoms with Gasteiger partial charge in [0.15, 0.2) is 0 Å². The quantitative estimate of drug-likeness (QED) is 0.593. The first-order valence-corrected chi connectivity index (χ1v) is 9.65. The minimum Gasteiger partial charge on any atom is -0.494 e. The summed E-state index contributed by atoms with van der Waals surface area (Å²) < 4.78 is 5.91. The molecular weight excluding hydrogens is 294 g/mol. The van der Waals surface area contributed by atoms with E-state index in [9.17, 15) is 0 Å². The third kappa shape index (κ3) is 5.24. The van der Waals surface area contributed by atoms with E-state index in [1.165, 1.54) is 62.5 Å². The number of benzene rings is 2. The number of unbranched alkanes of at least 4 members (excludes halogenated alkanes) is 3. The number of ether oxygens (including phenoxy) is 1. The maximum absolute atomic E-state index is 5.91. The Labute approximate surface area is 146 Å². The molecule has 0 amide bonds. The summed E-state index contributed by atoms with van der Waals surface area (Å²) in [6.07, 6.45) is 7.87. The van der Waals surface area contributed by atoms with Crippen LogP contribution in [0.3, 0.4) is 0 Å². The van der Waals surface area contributed by atoms with Gasteiger partial charge < -0.3 is 9.64 Å². The molecule has 0 spiro atoms. The zero-order valence-electron chi connectivity index (χ0n) is 15.0. The van der Waals surface area contributed by atoms with Crippen LogP contribution in [0.1, 0.15) is 45.4 Å². The summed E-state index contributed by atoms with van der Waals surface area (Å²) in [7, 11) is 0. The van der Waals surface area contributed by atoms with Crippen LogP contribution in [-0.2, 0) is 0 Å². The van der Waals surface area contributed by atoms with E-state index in [-0.39, 0.29) is 0 Å². The van der Waals surface area contributed by atoms with Gasteiger partial charge in [0.05, 0.1) is 6.61 Å². The SMILES string of the molecule is CC1CCN(CCCCCCOc2ccc3ccccc3c2)CC1. The molecule has 0 aromatic heterocycles. The van der Waals surface area contributed by atoms with Crippen molar-refractivity contribution in [3.05, 3.63) is 42.5 Å². The summed E-state index contributed by atoms with van der Waals surface area (Å²) in [5.74, 6) is 1.93. The Balaban J connectivity index is 1.27. The van der Waals surface area contributed by atoms with Gasteiger partial charge in [-0.2, -0.15) is 0 Å². The lowest BCUT2D eigenvalue weighted by Crippen LogP contribution is -2.33. The molecule has 2 aromatic rings. The Morgan fingerprint density at radius 2 is 1.67 bits per heavy atom. The van der Waals surface area contributed by atoms with Crippen molar-refractivity contribution >= 4 is 10.8 Å². The molecule has 2 heteroatoms. The molecule has 2 nitrogen and oxygen atoms in total. The zero-order valence-corrected chi connectivity index (χ0v) is 15.0. The predicted octanol–water partition coefficient (Wildman–Crippen LogP) is 5.51. The molecule has 0 aliphatic carbocycles. The van der Waals surface area contributed by atoms with Crippen LogP contribution < -0.4 is 4.74 Å². The fourth-order valence-corrected chi connectivity index (χ4v) is 3.52. The Hall–Kier alpha value is -1.54. The van der Waals surface area contributed by atoms with Gasteiger partial charge in [-0.15, -0.1) is 0 Å². The highest BCUT2D eigenvalue weighted by Gasteiger charge is 2.14. The maximum Gasteiger partial charge on any atom is 0.119 e. The number of hydrogen-bond acceptors (Lipinski definition) is 2. The van der Waals surface area contributed by atoms with Crippen LogP contribution in [0, 0.1) is 5.92 Å². The van der Waals surface area contributed by atoms with Crippen LogP contribution in [0.5, 0.6) is 5.75 Å². The summed E-state index contributed by atoms with van der Waals surface area (Å²) in [6.45, 7) is 7.13. The zero-order chi connectivity index (χ0) is 16.6. The lowest BCUT2D eigenvalue weighted by molar-refractivity contribution is 0.188. The van der Waals surface area contributed by atoms with Gasteiger partial charge >= 0.3 is 0 Å². The Bertz CT molecular complexity index is 616. The second kappa shape index (κ2) is 9.08. The standard InChI is InChI=1S/C22H31NO/c1-19-12-15-23(16-13-19)14-6-2-3-7-17-24-22-11-10-20-8-4-5-9-21(20)18-22/h4-5,8-11,18-19H,2-3,6-7,12-17H2,1H3. The van der Waals surface area contributed by atoms with Crippen molar-refractivity contribution < 1.29 is 4.74 Å². The van der Waals surface area contributed by atoms with Gasteiger partial charge in [-0.05, 0) is 74.1 Å². The van der Waals surface area contributed by atoms with E-state index in [4.69, 9.17) is 4.74 Å². The molecule has 1 aliphatic rings. The first-order valence-electron chi connectivity index (χ1n) is 9.65. The fraction of sp³-hybridized carbons (Fsp3) is 0.545. The molecule has 2 aromatic carbocycles. The number of piperidine rings is 1. The van der Waals surface area contributed by atoms with Crippen LogP contribution in [0.15, 0.2) is 42.5 Å². The molecule has 0 N–H and O–H groups in total. The van der Waals surface area contributed by atoms with Crippen molar-refractivity contribution in [3.8, 4) is 5.75 Å². The van der Waals surface area contributed by atoms with Gasteiger partial charge in [-0.1, -0.05) is 50.1 Å². The van der Waals surface area contributed by atoms with Crippen molar-refractivity contribution in [3.63, 3.8) is 0 Å². The first-order chi connectivity index (χ1) is 11.8. The number of fused-ring (bicyclic) bond motifs is 1. The molecule has 0 radical (unpaired) electrons. The molecule has 1 saturated heterocycles. The topological polar surface area (TPSA) is 12.5 Å². The smallest absolute Gasteiger partial charge is 0.119 e. The van der Waals surface area contributed by atoms with Gasteiger partial charge in [0, 0.05) is 0 Å². The monoisotopic (exact) mass is 325 g/mol. The van der Waals surface area contributed by atoms with E-state index in [2.05, 4.69) is 54.3 Å². The van der Waals surface area contributed by atoms with Gasteiger partial charge in [0.25, 0.3) is 0 Å². The Morgan fingerprint density at radius 1 is 0.917 bits per heavy atom. The van der Waals surface area contributed by atoms with E-state index in [0.29, 0.717) is 0 Å². The summed E-state index contributed by atoms with van der Waals surface area (Å²) in [6, 6.07) is 14.8. The molecule has 0 saturated carbocycles. The molecule has 3 rings (SSSR count). The molecule has 0 bridgehead atoms. The van der Waals surface area contributed by atoms with Gasteiger partial charge in [-0.25, -0.2) is 0 Å². The molecule has 1 aliphatic heterocycles. The summed E-state index contributed by atoms with van der Waals surface area (Å²) in [5, 5.41) is 2.53. The van der Waals surface area contributed by atoms with E-state index in [1.807, 2.05) is 0 Å². The van der Waals surface area contributed by atoms with E-state index in [1.54, 1.807) is 0 Å². The van der Waals surface area contributed by atoms with Crippen LogP contribution in [0.4, 0.5) is 0 Å². The van der Waals surface area contributed by atoms with Gasteiger partial charge in [0.1, 0.15) is 5.75 Å². The second-order valence-electron chi connectivity index (χ2n) is 7.30. The fourth-order valence-electron chi connectivity index (χ4n) is 3.52. The normalized spacial score (nSPS) is 16.5. The second-order valence-corrected chi connectivity index (χ2v) is 7.30. The van der Waals surface area contributed by atoms with Crippen LogP contribution in [0.25, 0.3) is 10.8 Å². The van der Waals surface area contributed by atoms with Gasteiger partial charge in [0.2, 0.25) is 0 Å². The highest BCUT2D eigenvalue weighted by molar-refractivity contribution is 5.83. The minimum absolute atomic E-state index is 0.833. The summed E-state index contributed by atoms with van der Waals surface area (Å²) in [4.78, 5) is 2.64. The van der Waals surface area contributed by atoms with Crippen molar-refractivity contribution in [2.45, 2.75) is 45.4 Å². The lowest BCUT2D eigenvalue weighted by atomic mass is 9.99. The molecule has 130 valence electrons. The predicted molar refractivity (Wildman–Crippen MR) is 103 cm³/mol. The summed E-state index contributed by atoms with van der Waals surface area (Å²) in [5.41, 5.74) is 0. The Morgan fingerprint density at radius 3 is 2.50 bits per heavy atom. The van der Waals surface area contributed by atoms with Crippen LogP contribution in [0.2, 0.25) is 0 Å². The van der Waals surface area contributed by atoms with Crippen molar-refractivity contribution in [1.82, 2.24) is 4.90 Å². The molecular formula is C22H31NO. The number of nitrogens with zero attached hydrogens (tertiary/aromatic N) is 1. The van der Waals surface area contributed by atoms with Crippen LogP contribution >= 0.6 is 0 Å². The highest BCUT2D eigenvalue weighted by atomic mass is 16.5. The number of rotatable bonds is 8. The molecule has 0 atom stereocenters. The maximum atomic E-state index is 5.91. The van der Waals surface area contributed by atoms with Gasteiger partial charge in [-0.3, -0.25) is 0 Å². The minimum atomic E-state index is 0.833. The molecule has 1 heterocycles. The van der Waals surface area contributed by atoms with E-state index in [0.717, 1.165) is 24.7 Å². The third-order valence-corrected chi connectivity index (χ3v) is 5.23. The average molecular weight is 325 g/mol. The van der Waals surface area contributed by atoms with Crippen molar-refractivity contribution in [1.29, 1.82) is 0 Å². The highest BCUT2D eigenvalue weighted by Crippen LogP contribution is 2.21. The Kier molecular flexibility index (Phi) is 6.54. The largest absolute Gasteiger partial charge is 0.494 e.